The maximum atomic E-state index is 12.6. The molecule has 2 fully saturated rings. The second-order valence-corrected chi connectivity index (χ2v) is 8.08. The summed E-state index contributed by atoms with van der Waals surface area (Å²) in [6.45, 7) is 1.48. The molecule has 1 heterocycles. The van der Waals surface area contributed by atoms with Gasteiger partial charge in [-0.2, -0.15) is 0 Å². The molecule has 2 bridgehead atoms. The standard InChI is InChI=1S/C19H22N4O2S.ClH/c1-10(24)21-14-6-4-11(5-7-14)15-9-26-19(22-15)23-18(25)16-12-2-3-13(8-12)17(16)20;/h4-7,9,12-13,16-17H,2-3,8,20H2,1H3,(H,21,24)(H,22,23,25);1H. The van der Waals surface area contributed by atoms with Gasteiger partial charge in [0, 0.05) is 29.6 Å². The zero-order valence-corrected chi connectivity index (χ0v) is 16.6. The number of amides is 2. The zero-order chi connectivity index (χ0) is 18.3. The van der Waals surface area contributed by atoms with E-state index >= 15 is 0 Å². The van der Waals surface area contributed by atoms with Gasteiger partial charge in [-0.05, 0) is 43.2 Å². The van der Waals surface area contributed by atoms with Crippen LogP contribution in [0.5, 0.6) is 0 Å². The second kappa shape index (κ2) is 7.96. The highest BCUT2D eigenvalue weighted by atomic mass is 35.5. The van der Waals surface area contributed by atoms with Crippen molar-refractivity contribution in [3.05, 3.63) is 29.6 Å². The molecule has 6 nitrogen and oxygen atoms in total. The average Bonchev–Trinajstić information content (AvgIpc) is 3.31. The average molecular weight is 407 g/mol. The summed E-state index contributed by atoms with van der Waals surface area (Å²) in [5.41, 5.74) is 8.74. The number of carbonyl (C=O) groups excluding carboxylic acids is 2. The number of carbonyl (C=O) groups is 2. The molecule has 0 saturated heterocycles. The molecule has 4 atom stereocenters. The Bertz CT molecular complexity index is 836. The zero-order valence-electron chi connectivity index (χ0n) is 15.0. The third-order valence-corrected chi connectivity index (χ3v) is 6.28. The molecule has 8 heteroatoms. The predicted octanol–water partition coefficient (Wildman–Crippen LogP) is 3.50. The Morgan fingerprint density at radius 2 is 1.85 bits per heavy atom. The number of benzene rings is 1. The number of thiazole rings is 1. The van der Waals surface area contributed by atoms with Gasteiger partial charge >= 0.3 is 0 Å². The summed E-state index contributed by atoms with van der Waals surface area (Å²) >= 11 is 1.41. The monoisotopic (exact) mass is 406 g/mol. The van der Waals surface area contributed by atoms with Crippen molar-refractivity contribution in [2.75, 3.05) is 10.6 Å². The molecule has 2 saturated carbocycles. The van der Waals surface area contributed by atoms with Crippen molar-refractivity contribution in [2.24, 2.45) is 23.5 Å². The fourth-order valence-corrected chi connectivity index (χ4v) is 5.03. The van der Waals surface area contributed by atoms with E-state index in [-0.39, 0.29) is 36.2 Å². The van der Waals surface area contributed by atoms with Crippen LogP contribution < -0.4 is 16.4 Å². The first kappa shape index (κ1) is 19.8. The Labute approximate surface area is 168 Å². The molecule has 4 unspecified atom stereocenters. The molecule has 144 valence electrons. The first-order chi connectivity index (χ1) is 12.5. The number of nitrogens with zero attached hydrogens (tertiary/aromatic N) is 1. The van der Waals surface area contributed by atoms with E-state index in [0.717, 1.165) is 36.2 Å². The third kappa shape index (κ3) is 4.00. The van der Waals surface area contributed by atoms with E-state index in [1.54, 1.807) is 0 Å². The summed E-state index contributed by atoms with van der Waals surface area (Å²) in [5, 5.41) is 8.22. The number of rotatable bonds is 4. The number of halogens is 1. The van der Waals surface area contributed by atoms with Crippen LogP contribution in [0.2, 0.25) is 0 Å². The van der Waals surface area contributed by atoms with Gasteiger partial charge in [-0.25, -0.2) is 4.98 Å². The number of anilines is 2. The van der Waals surface area contributed by atoms with Crippen molar-refractivity contribution in [1.29, 1.82) is 0 Å². The number of aromatic nitrogens is 1. The molecule has 2 aliphatic rings. The van der Waals surface area contributed by atoms with Crippen LogP contribution >= 0.6 is 23.7 Å². The molecular formula is C19H23ClN4O2S. The van der Waals surface area contributed by atoms with Crippen LogP contribution in [-0.2, 0) is 9.59 Å². The fraction of sp³-hybridized carbons (Fsp3) is 0.421. The van der Waals surface area contributed by atoms with E-state index in [9.17, 15) is 9.59 Å². The summed E-state index contributed by atoms with van der Waals surface area (Å²) in [7, 11) is 0. The minimum Gasteiger partial charge on any atom is -0.327 e. The first-order valence-electron chi connectivity index (χ1n) is 8.91. The van der Waals surface area contributed by atoms with Gasteiger partial charge in [0.25, 0.3) is 0 Å². The van der Waals surface area contributed by atoms with Gasteiger partial charge in [0.15, 0.2) is 5.13 Å². The lowest BCUT2D eigenvalue weighted by molar-refractivity contribution is -0.121. The summed E-state index contributed by atoms with van der Waals surface area (Å²) in [5.74, 6) is 0.750. The summed E-state index contributed by atoms with van der Waals surface area (Å²) in [6.07, 6.45) is 3.36. The molecule has 4 N–H and O–H groups in total. The topological polar surface area (TPSA) is 97.1 Å². The lowest BCUT2D eigenvalue weighted by Crippen LogP contribution is -2.42. The Morgan fingerprint density at radius 3 is 2.48 bits per heavy atom. The predicted molar refractivity (Wildman–Crippen MR) is 110 cm³/mol. The van der Waals surface area contributed by atoms with Crippen molar-refractivity contribution in [1.82, 2.24) is 4.98 Å². The molecule has 0 spiro atoms. The Kier molecular flexibility index (Phi) is 5.83. The number of fused-ring (bicyclic) bond motifs is 2. The van der Waals surface area contributed by atoms with E-state index in [2.05, 4.69) is 15.6 Å². The van der Waals surface area contributed by atoms with Gasteiger partial charge in [0.05, 0.1) is 11.6 Å². The van der Waals surface area contributed by atoms with E-state index in [1.165, 1.54) is 18.3 Å². The van der Waals surface area contributed by atoms with E-state index in [1.807, 2.05) is 29.6 Å². The second-order valence-electron chi connectivity index (χ2n) is 7.22. The highest BCUT2D eigenvalue weighted by Crippen LogP contribution is 2.48. The fourth-order valence-electron chi connectivity index (χ4n) is 4.30. The molecule has 1 aromatic carbocycles. The minimum atomic E-state index is -0.102. The Morgan fingerprint density at radius 1 is 1.15 bits per heavy atom. The van der Waals surface area contributed by atoms with Gasteiger partial charge in [0.1, 0.15) is 0 Å². The van der Waals surface area contributed by atoms with E-state index < -0.39 is 0 Å². The molecular weight excluding hydrogens is 384 g/mol. The SMILES string of the molecule is CC(=O)Nc1ccc(-c2csc(NC(=O)C3C4CCC(C4)C3N)n2)cc1.Cl. The van der Waals surface area contributed by atoms with Crippen LogP contribution in [0.1, 0.15) is 26.2 Å². The maximum absolute atomic E-state index is 12.6. The van der Waals surface area contributed by atoms with Crippen LogP contribution in [0.15, 0.2) is 29.6 Å². The van der Waals surface area contributed by atoms with Crippen LogP contribution in [0, 0.1) is 17.8 Å². The molecule has 0 aliphatic heterocycles. The van der Waals surface area contributed by atoms with Gasteiger partial charge in [-0.1, -0.05) is 12.1 Å². The largest absolute Gasteiger partial charge is 0.327 e. The number of nitrogens with two attached hydrogens (primary N) is 1. The molecule has 1 aromatic heterocycles. The van der Waals surface area contributed by atoms with Gasteiger partial charge in [-0.3, -0.25) is 9.59 Å². The number of nitrogens with one attached hydrogen (secondary N) is 2. The minimum absolute atomic E-state index is 0. The molecule has 27 heavy (non-hydrogen) atoms. The van der Waals surface area contributed by atoms with Crippen molar-refractivity contribution < 1.29 is 9.59 Å². The smallest absolute Gasteiger partial charge is 0.231 e. The summed E-state index contributed by atoms with van der Waals surface area (Å²) in [4.78, 5) is 28.3. The summed E-state index contributed by atoms with van der Waals surface area (Å²) in [6, 6.07) is 7.45. The van der Waals surface area contributed by atoms with Crippen molar-refractivity contribution in [3.8, 4) is 11.3 Å². The van der Waals surface area contributed by atoms with Gasteiger partial charge in [-0.15, -0.1) is 23.7 Å². The third-order valence-electron chi connectivity index (χ3n) is 5.52. The maximum Gasteiger partial charge on any atom is 0.231 e. The molecule has 2 aliphatic carbocycles. The van der Waals surface area contributed by atoms with Gasteiger partial charge < -0.3 is 16.4 Å². The van der Waals surface area contributed by atoms with Crippen molar-refractivity contribution in [2.45, 2.75) is 32.2 Å². The number of hydrogen-bond acceptors (Lipinski definition) is 5. The van der Waals surface area contributed by atoms with Crippen LogP contribution in [0.4, 0.5) is 10.8 Å². The van der Waals surface area contributed by atoms with Crippen LogP contribution in [0.3, 0.4) is 0 Å². The Hall–Kier alpha value is -1.96. The normalized spacial score (nSPS) is 25.7. The lowest BCUT2D eigenvalue weighted by atomic mass is 9.84. The Balaban J connectivity index is 0.00000210. The van der Waals surface area contributed by atoms with E-state index in [4.69, 9.17) is 5.73 Å². The molecule has 2 aromatic rings. The van der Waals surface area contributed by atoms with Crippen molar-refractivity contribution in [3.63, 3.8) is 0 Å². The lowest BCUT2D eigenvalue weighted by Gasteiger charge is -2.26. The molecule has 4 rings (SSSR count). The highest BCUT2D eigenvalue weighted by molar-refractivity contribution is 7.14. The van der Waals surface area contributed by atoms with E-state index in [0.29, 0.717) is 17.0 Å². The first-order valence-corrected chi connectivity index (χ1v) is 9.79. The van der Waals surface area contributed by atoms with Crippen LogP contribution in [0.25, 0.3) is 11.3 Å². The highest BCUT2D eigenvalue weighted by Gasteiger charge is 2.49. The molecule has 0 radical (unpaired) electrons. The number of hydrogen-bond donors (Lipinski definition) is 3. The molecule has 2 amide bonds. The quantitative estimate of drug-likeness (QED) is 0.723. The van der Waals surface area contributed by atoms with Crippen molar-refractivity contribution >= 4 is 46.4 Å². The van der Waals surface area contributed by atoms with Gasteiger partial charge in [0.2, 0.25) is 11.8 Å². The summed E-state index contributed by atoms with van der Waals surface area (Å²) < 4.78 is 0. The van der Waals surface area contributed by atoms with Crippen LogP contribution in [-0.4, -0.2) is 22.8 Å².